The molecule has 4 saturated heterocycles. The molecule has 0 aromatic carbocycles. The van der Waals surface area contributed by atoms with Crippen LogP contribution in [0.1, 0.15) is 145 Å². The van der Waals surface area contributed by atoms with Gasteiger partial charge in [-0.1, -0.05) is 80.9 Å². The van der Waals surface area contributed by atoms with E-state index in [2.05, 4.69) is 111 Å². The lowest BCUT2D eigenvalue weighted by atomic mass is 10.1. The predicted molar refractivity (Wildman–Crippen MR) is 473 cm³/mol. The number of tetrazole rings is 2. The molecule has 125 heavy (non-hydrogen) atoms. The van der Waals surface area contributed by atoms with E-state index >= 15 is 0 Å². The molecule has 6 aromatic heterocycles. The Labute approximate surface area is 751 Å². The molecule has 40 nitrogen and oxygen atoms in total. The number of carbonyl (C=O) groups excluding carboxylic acids is 2. The zero-order valence-electron chi connectivity index (χ0n) is 76.4. The topological polar surface area (TPSA) is 426 Å². The maximum Gasteiger partial charge on any atom is 0.416 e. The van der Waals surface area contributed by atoms with E-state index in [1.54, 1.807) is 91.0 Å². The number of aliphatic hydroxyl groups is 1. The SMILES string of the molecule is COCCOCC(CO)(OC[C@H]1O[C@@H](n2ncc3c(N(C(=O)OC(C)(C)C)C4CCCC4)nc(Cl)nc32)[C@@H]2OC(C)(C)O[C@@H]21)P(C)(C)=O.COCCOCC(COCc1nnnn1COCC[Si](C)(C)C)(OC[C@H]1O[C@@H](n2ncc3c(N(C(=O)OC(C)(C)C)C4CCCC4)nc(Cl)nc32)[C@@H]2OC(C)(C)O[C@@H]21)P(C)(C)=O.C[Si](C)(C)CCOCn1nnnc1CBr. The van der Waals surface area contributed by atoms with Crippen LogP contribution in [0.3, 0.4) is 0 Å². The minimum atomic E-state index is -3.18. The van der Waals surface area contributed by atoms with Crippen molar-refractivity contribution in [3.8, 4) is 0 Å². The number of halogens is 3. The molecule has 704 valence electrons. The van der Waals surface area contributed by atoms with Crippen molar-refractivity contribution >= 4 is 115 Å². The average molecular weight is 1940 g/mol. The second kappa shape index (κ2) is 43.2. The third kappa shape index (κ3) is 27.2. The van der Waals surface area contributed by atoms with E-state index < -0.39 is 132 Å². The molecule has 10 heterocycles. The highest BCUT2D eigenvalue weighted by Gasteiger charge is 2.60. The molecule has 4 aliphatic heterocycles. The van der Waals surface area contributed by atoms with Gasteiger partial charge in [-0.2, -0.15) is 30.1 Å². The van der Waals surface area contributed by atoms with Crippen LogP contribution in [0.5, 0.6) is 0 Å². The molecule has 47 heteroatoms. The van der Waals surface area contributed by atoms with Crippen LogP contribution in [0.15, 0.2) is 12.4 Å². The first-order valence-electron chi connectivity index (χ1n) is 42.4. The van der Waals surface area contributed by atoms with Gasteiger partial charge >= 0.3 is 12.2 Å². The number of rotatable bonds is 40. The fraction of sp³-hybridized carbons (Fsp3) is 0.821. The molecule has 12 rings (SSSR count). The summed E-state index contributed by atoms with van der Waals surface area (Å²) >= 11 is 16.5. The summed E-state index contributed by atoms with van der Waals surface area (Å²) in [5.74, 6) is -0.123. The highest BCUT2D eigenvalue weighted by molar-refractivity contribution is 9.08. The molecule has 2 saturated carbocycles. The number of hydrogen-bond acceptors (Lipinski definition) is 34. The Hall–Kier alpha value is -4.91. The van der Waals surface area contributed by atoms with E-state index in [1.807, 2.05) is 55.4 Å². The van der Waals surface area contributed by atoms with Crippen LogP contribution in [0.2, 0.25) is 61.9 Å². The van der Waals surface area contributed by atoms with Gasteiger partial charge < -0.3 is 94.8 Å². The smallest absolute Gasteiger partial charge is 0.416 e. The number of aromatic nitrogens is 16. The van der Waals surface area contributed by atoms with Gasteiger partial charge in [0.25, 0.3) is 0 Å². The number of ether oxygens (including phenoxy) is 17. The number of aliphatic hydroxyl groups excluding tert-OH is 1. The molecule has 6 aromatic rings. The van der Waals surface area contributed by atoms with Crippen LogP contribution in [-0.4, -0.2) is 316 Å². The average Bonchev–Trinajstić information content (AvgIpc) is 1.58. The number of hydrogen-bond donors (Lipinski definition) is 1. The Morgan fingerprint density at radius 1 is 0.560 bits per heavy atom. The van der Waals surface area contributed by atoms with Gasteiger partial charge in [-0.05, 0) is 178 Å². The zero-order valence-corrected chi connectivity index (χ0v) is 83.3. The standard InChI is InChI=1S/C39H65ClN9O11PSi.C31H49ClN5O10P.C8H17BrN4OSi/c1-37(2,3)60-36(50)48(26-14-12-13-15-26)32-27-20-41-49(33(27)43-35(40)42-32)34-31-30(58-38(4,5)59-31)28(57-34)21-56-39(61(7,8)51,23-53-17-16-52-6)24-55-22-29-44-45-46-47(29)25-54-18-19-62(9,10)11;1-29(2,3)47-28(39)36(19-11-9-10-12-19)24-20-15-33-37(25(20)35-27(32)34-24)26-23-22(45-30(4,5)46-23)21(44-26)16-43-31(17-38,48(7,8)40)18-42-14-13-41-6;1-15(2,3)5-4-14-7-13-8(6-9)10-11-12-13/h20,26,28,30-31,34H,12-19,21-25H2,1-11H3;15,19,21-23,26,38H,9-14,16-18H2,1-8H3;4-7H2,1-3H3/t28-,30-,31-,34-,39?;21-,22-,23-,26-,31?;/m11./s1. The summed E-state index contributed by atoms with van der Waals surface area (Å²) in [5, 5.41) is 41.6. The quantitative estimate of drug-likeness (QED) is 0.0123. The number of amides is 2. The summed E-state index contributed by atoms with van der Waals surface area (Å²) in [6.07, 6.45) is 3.39. The molecular weight excluding hydrogens is 1810 g/mol. The first-order chi connectivity index (χ1) is 58.6. The predicted octanol–water partition coefficient (Wildman–Crippen LogP) is 12.5. The maximum atomic E-state index is 14.3. The highest BCUT2D eigenvalue weighted by Crippen LogP contribution is 2.56. The van der Waals surface area contributed by atoms with E-state index in [1.165, 1.54) is 10.7 Å². The Kier molecular flexibility index (Phi) is 35.3. The van der Waals surface area contributed by atoms with Crippen LogP contribution in [0.4, 0.5) is 21.2 Å². The largest absolute Gasteiger partial charge is 0.443 e. The molecule has 2 amide bonds. The first kappa shape index (κ1) is 102. The Balaban J connectivity index is 0.000000228. The zero-order chi connectivity index (χ0) is 91.5. The van der Waals surface area contributed by atoms with Gasteiger partial charge in [0.05, 0.1) is 94.6 Å². The van der Waals surface area contributed by atoms with Crippen LogP contribution in [0.25, 0.3) is 22.1 Å². The first-order valence-corrected chi connectivity index (χ1v) is 56.9. The Morgan fingerprint density at radius 2 is 0.944 bits per heavy atom. The van der Waals surface area contributed by atoms with E-state index in [-0.39, 0.29) is 82.2 Å². The molecule has 0 radical (unpaired) electrons. The number of anilines is 2. The molecule has 0 bridgehead atoms. The lowest BCUT2D eigenvalue weighted by Gasteiger charge is -2.38. The summed E-state index contributed by atoms with van der Waals surface area (Å²) in [6, 6.07) is 1.90. The van der Waals surface area contributed by atoms with E-state index in [0.29, 0.717) is 71.4 Å². The van der Waals surface area contributed by atoms with Crippen molar-refractivity contribution in [2.45, 2.75) is 292 Å². The number of alkyl halides is 1. The fourth-order valence-electron chi connectivity index (χ4n) is 14.9. The fourth-order valence-corrected chi connectivity index (χ4v) is 19.4. The molecule has 6 fully saturated rings. The summed E-state index contributed by atoms with van der Waals surface area (Å²) in [6.45, 7) is 40.5. The molecular formula is C78H131BrCl2N18O22P2Si2. The van der Waals surface area contributed by atoms with Crippen molar-refractivity contribution in [3.05, 3.63) is 34.6 Å². The van der Waals surface area contributed by atoms with Crippen LogP contribution >= 0.6 is 53.4 Å². The minimum absolute atomic E-state index is 0.00369. The van der Waals surface area contributed by atoms with Crippen LogP contribution in [-0.2, 0) is 115 Å². The molecule has 1 N–H and O–H groups in total. The third-order valence-electron chi connectivity index (χ3n) is 21.6. The highest BCUT2D eigenvalue weighted by atomic mass is 79.9. The van der Waals surface area contributed by atoms with Crippen LogP contribution in [0, 0.1) is 0 Å². The minimum Gasteiger partial charge on any atom is -0.443 e. The third-order valence-corrected chi connectivity index (χ3v) is 30.6. The van der Waals surface area contributed by atoms with Crippen molar-refractivity contribution in [1.82, 2.24) is 79.9 Å². The summed E-state index contributed by atoms with van der Waals surface area (Å²) < 4.78 is 137. The van der Waals surface area contributed by atoms with Crippen LogP contribution < -0.4 is 9.80 Å². The van der Waals surface area contributed by atoms with Gasteiger partial charge in [0, 0.05) is 55.7 Å². The van der Waals surface area contributed by atoms with Crippen molar-refractivity contribution in [3.63, 3.8) is 0 Å². The lowest BCUT2D eigenvalue weighted by molar-refractivity contribution is -0.208. The molecule has 10 atom stereocenters. The normalized spacial score (nSPS) is 22.7. The van der Waals surface area contributed by atoms with Gasteiger partial charge in [-0.25, -0.2) is 28.3 Å². The summed E-state index contributed by atoms with van der Waals surface area (Å²) in [5.41, 5.74) is -0.807. The maximum absolute atomic E-state index is 14.3. The van der Waals surface area contributed by atoms with Crippen molar-refractivity contribution in [2.24, 2.45) is 0 Å². The molecule has 0 spiro atoms. The molecule has 2 unspecified atom stereocenters. The van der Waals surface area contributed by atoms with Gasteiger partial charge in [0.1, 0.15) is 82.2 Å². The number of methoxy groups -OCH3 is 2. The summed E-state index contributed by atoms with van der Waals surface area (Å²) in [7, 11) is -5.40. The van der Waals surface area contributed by atoms with Gasteiger partial charge in [-0.3, -0.25) is 9.80 Å². The molecule has 2 aliphatic carbocycles. The lowest BCUT2D eigenvalue weighted by Crippen LogP contribution is -2.46. The van der Waals surface area contributed by atoms with E-state index in [4.69, 9.17) is 109 Å². The number of carbonyl (C=O) groups is 2. The van der Waals surface area contributed by atoms with E-state index in [9.17, 15) is 23.8 Å². The molecule has 6 aliphatic rings. The number of nitrogens with zero attached hydrogens (tertiary/aromatic N) is 18. The second-order valence-electron chi connectivity index (χ2n) is 38.1. The van der Waals surface area contributed by atoms with Gasteiger partial charge in [-0.15, -0.1) is 10.2 Å². The van der Waals surface area contributed by atoms with E-state index in [0.717, 1.165) is 69.8 Å². The number of fused-ring (bicyclic) bond motifs is 4. The summed E-state index contributed by atoms with van der Waals surface area (Å²) in [4.78, 5) is 48.7. The monoisotopic (exact) mass is 1940 g/mol. The Morgan fingerprint density at radius 3 is 1.33 bits per heavy atom. The van der Waals surface area contributed by atoms with Crippen molar-refractivity contribution < 1.29 is 104 Å². The Bertz CT molecular complexity index is 4590. The van der Waals surface area contributed by atoms with Gasteiger partial charge in [0.15, 0.2) is 69.3 Å². The second-order valence-corrected chi connectivity index (χ2v) is 57.6. The van der Waals surface area contributed by atoms with Crippen molar-refractivity contribution in [1.29, 1.82) is 0 Å². The van der Waals surface area contributed by atoms with Gasteiger partial charge in [0.2, 0.25) is 10.6 Å². The van der Waals surface area contributed by atoms with Crippen molar-refractivity contribution in [2.75, 3.05) is 130 Å².